The summed E-state index contributed by atoms with van der Waals surface area (Å²) in [5.74, 6) is 0.406. The highest BCUT2D eigenvalue weighted by Crippen LogP contribution is 2.28. The van der Waals surface area contributed by atoms with E-state index in [1.807, 2.05) is 36.4 Å². The summed E-state index contributed by atoms with van der Waals surface area (Å²) in [7, 11) is 0. The van der Waals surface area contributed by atoms with Crippen molar-refractivity contribution >= 4 is 35.2 Å². The van der Waals surface area contributed by atoms with E-state index in [1.165, 1.54) is 11.1 Å². The summed E-state index contributed by atoms with van der Waals surface area (Å²) in [5, 5.41) is 1.70. The van der Waals surface area contributed by atoms with Crippen molar-refractivity contribution in [2.45, 2.75) is 6.42 Å². The Balaban J connectivity index is 1.44. The van der Waals surface area contributed by atoms with Gasteiger partial charge in [0.15, 0.2) is 0 Å². The number of hydrogen-bond acceptors (Lipinski definition) is 4. The molecule has 0 saturated carbocycles. The van der Waals surface area contributed by atoms with E-state index in [-0.39, 0.29) is 5.57 Å². The van der Waals surface area contributed by atoms with E-state index in [2.05, 4.69) is 5.43 Å². The lowest BCUT2D eigenvalue weighted by Gasteiger charge is -2.14. The van der Waals surface area contributed by atoms with Crippen molar-refractivity contribution in [2.24, 2.45) is 0 Å². The molecule has 3 aromatic carbocycles. The van der Waals surface area contributed by atoms with Gasteiger partial charge in [-0.1, -0.05) is 48.0 Å². The first-order valence-electron chi connectivity index (χ1n) is 10.1. The van der Waals surface area contributed by atoms with Crippen LogP contribution >= 0.6 is 11.6 Å². The van der Waals surface area contributed by atoms with Crippen LogP contribution in [0.5, 0.6) is 11.5 Å². The van der Waals surface area contributed by atoms with Crippen molar-refractivity contribution in [1.82, 2.24) is 5.43 Å². The highest BCUT2D eigenvalue weighted by Gasteiger charge is 2.34. The van der Waals surface area contributed by atoms with E-state index < -0.39 is 11.8 Å². The molecule has 1 aliphatic heterocycles. The molecule has 2 amide bonds. The number of para-hydroxylation sites is 2. The minimum atomic E-state index is -0.485. The lowest BCUT2D eigenvalue weighted by atomic mass is 10.1. The second kappa shape index (κ2) is 10.0. The molecule has 1 heterocycles. The Bertz CT molecular complexity index is 1130. The first-order valence-corrected chi connectivity index (χ1v) is 10.5. The van der Waals surface area contributed by atoms with E-state index in [1.54, 1.807) is 42.5 Å². The maximum atomic E-state index is 12.8. The largest absolute Gasteiger partial charge is 0.493 e. The second-order valence-electron chi connectivity index (χ2n) is 7.02. The average molecular weight is 449 g/mol. The number of halogens is 1. The molecule has 162 valence electrons. The first-order chi connectivity index (χ1) is 15.6. The predicted octanol–water partition coefficient (Wildman–Crippen LogP) is 4.65. The van der Waals surface area contributed by atoms with Crippen molar-refractivity contribution in [1.29, 1.82) is 0 Å². The van der Waals surface area contributed by atoms with Gasteiger partial charge in [0.2, 0.25) is 0 Å². The predicted molar refractivity (Wildman–Crippen MR) is 124 cm³/mol. The van der Waals surface area contributed by atoms with Crippen molar-refractivity contribution in [2.75, 3.05) is 18.2 Å². The number of amides is 2. The van der Waals surface area contributed by atoms with E-state index in [0.717, 1.165) is 5.75 Å². The van der Waals surface area contributed by atoms with Crippen LogP contribution in [0.3, 0.4) is 0 Å². The molecule has 0 unspecified atom stereocenters. The number of hydrogen-bond donors (Lipinski definition) is 1. The van der Waals surface area contributed by atoms with Crippen LogP contribution < -0.4 is 19.9 Å². The number of nitrogens with zero attached hydrogens (tertiary/aromatic N) is 1. The monoisotopic (exact) mass is 448 g/mol. The quantitative estimate of drug-likeness (QED) is 0.309. The Labute approximate surface area is 191 Å². The van der Waals surface area contributed by atoms with Crippen molar-refractivity contribution in [3.63, 3.8) is 0 Å². The highest BCUT2D eigenvalue weighted by atomic mass is 35.5. The Morgan fingerprint density at radius 2 is 1.56 bits per heavy atom. The fourth-order valence-electron chi connectivity index (χ4n) is 3.18. The van der Waals surface area contributed by atoms with Gasteiger partial charge >= 0.3 is 0 Å². The number of carbonyl (C=O) groups is 2. The van der Waals surface area contributed by atoms with Crippen LogP contribution in [0.15, 0.2) is 84.4 Å². The zero-order valence-corrected chi connectivity index (χ0v) is 17.9. The van der Waals surface area contributed by atoms with Crippen molar-refractivity contribution in [3.8, 4) is 11.5 Å². The summed E-state index contributed by atoms with van der Waals surface area (Å²) in [4.78, 5) is 25.3. The van der Waals surface area contributed by atoms with E-state index in [9.17, 15) is 9.59 Å². The summed E-state index contributed by atoms with van der Waals surface area (Å²) in [6, 6.07) is 23.5. The minimum Gasteiger partial charge on any atom is -0.493 e. The average Bonchev–Trinajstić information content (AvgIpc) is 3.10. The number of carbonyl (C=O) groups excluding carboxylic acids is 2. The van der Waals surface area contributed by atoms with Gasteiger partial charge in [-0.2, -0.15) is 0 Å². The number of rotatable bonds is 8. The molecule has 0 aromatic heterocycles. The molecule has 1 saturated heterocycles. The lowest BCUT2D eigenvalue weighted by molar-refractivity contribution is -0.117. The number of anilines is 1. The second-order valence-corrected chi connectivity index (χ2v) is 7.46. The van der Waals surface area contributed by atoms with E-state index in [0.29, 0.717) is 41.7 Å². The molecule has 1 aliphatic rings. The molecule has 0 aliphatic carbocycles. The third-order valence-electron chi connectivity index (χ3n) is 4.74. The molecule has 0 atom stereocenters. The molecule has 1 N–H and O–H groups in total. The standard InChI is InChI=1S/C25H21ClN2O4/c26-19-12-13-23(32-15-7-14-31-21-10-5-2-6-11-21)18(16-19)17-22-24(29)27-28(25(22)30)20-8-3-1-4-9-20/h1-6,8-13,16-17H,7,14-15H2,(H,27,29)/b22-17-. The summed E-state index contributed by atoms with van der Waals surface area (Å²) >= 11 is 6.15. The molecule has 1 fully saturated rings. The Morgan fingerprint density at radius 3 is 2.31 bits per heavy atom. The highest BCUT2D eigenvalue weighted by molar-refractivity contribution is 6.32. The zero-order chi connectivity index (χ0) is 22.3. The van der Waals surface area contributed by atoms with Crippen LogP contribution in [0.2, 0.25) is 5.02 Å². The van der Waals surface area contributed by atoms with Gasteiger partial charge in [0, 0.05) is 17.0 Å². The summed E-state index contributed by atoms with van der Waals surface area (Å²) in [6.07, 6.45) is 2.16. The number of ether oxygens (including phenoxy) is 2. The summed E-state index contributed by atoms with van der Waals surface area (Å²) < 4.78 is 11.5. The van der Waals surface area contributed by atoms with Crippen LogP contribution in [0.4, 0.5) is 5.69 Å². The third-order valence-corrected chi connectivity index (χ3v) is 4.97. The Morgan fingerprint density at radius 1 is 0.875 bits per heavy atom. The Hall–Kier alpha value is -3.77. The maximum Gasteiger partial charge on any atom is 0.282 e. The molecular formula is C25H21ClN2O4. The normalized spacial score (nSPS) is 14.5. The van der Waals surface area contributed by atoms with E-state index in [4.69, 9.17) is 21.1 Å². The lowest BCUT2D eigenvalue weighted by Crippen LogP contribution is -2.35. The van der Waals surface area contributed by atoms with Crippen LogP contribution in [-0.2, 0) is 9.59 Å². The molecule has 32 heavy (non-hydrogen) atoms. The summed E-state index contributed by atoms with van der Waals surface area (Å²) in [5.41, 5.74) is 3.72. The molecule has 7 heteroatoms. The van der Waals surface area contributed by atoms with Crippen molar-refractivity contribution < 1.29 is 19.1 Å². The van der Waals surface area contributed by atoms with Gasteiger partial charge in [-0.3, -0.25) is 15.0 Å². The third kappa shape index (κ3) is 5.10. The molecular weight excluding hydrogens is 428 g/mol. The fourth-order valence-corrected chi connectivity index (χ4v) is 3.36. The number of benzene rings is 3. The molecule has 0 spiro atoms. The molecule has 6 nitrogen and oxygen atoms in total. The number of hydrazine groups is 1. The number of nitrogens with one attached hydrogen (secondary N) is 1. The van der Waals surface area contributed by atoms with Gasteiger partial charge in [-0.05, 0) is 48.5 Å². The van der Waals surface area contributed by atoms with Gasteiger partial charge in [0.05, 0.1) is 18.9 Å². The van der Waals surface area contributed by atoms with Gasteiger partial charge in [-0.25, -0.2) is 5.01 Å². The van der Waals surface area contributed by atoms with Gasteiger partial charge in [0.25, 0.3) is 11.8 Å². The summed E-state index contributed by atoms with van der Waals surface area (Å²) in [6.45, 7) is 0.905. The van der Waals surface area contributed by atoms with Crippen LogP contribution in [0.1, 0.15) is 12.0 Å². The van der Waals surface area contributed by atoms with Gasteiger partial charge in [-0.15, -0.1) is 0 Å². The SMILES string of the molecule is O=C1NN(c2ccccc2)C(=O)/C1=C\c1cc(Cl)ccc1OCCCOc1ccccc1. The van der Waals surface area contributed by atoms with E-state index >= 15 is 0 Å². The topological polar surface area (TPSA) is 67.9 Å². The van der Waals surface area contributed by atoms with Gasteiger partial charge < -0.3 is 9.47 Å². The molecule has 3 aromatic rings. The smallest absolute Gasteiger partial charge is 0.282 e. The maximum absolute atomic E-state index is 12.8. The fraction of sp³-hybridized carbons (Fsp3) is 0.120. The molecule has 4 rings (SSSR count). The Kier molecular flexibility index (Phi) is 6.72. The molecule has 0 bridgehead atoms. The van der Waals surface area contributed by atoms with Crippen LogP contribution in [-0.4, -0.2) is 25.0 Å². The zero-order valence-electron chi connectivity index (χ0n) is 17.2. The first kappa shape index (κ1) is 21.5. The minimum absolute atomic E-state index is 0.00776. The van der Waals surface area contributed by atoms with Crippen LogP contribution in [0, 0.1) is 0 Å². The van der Waals surface area contributed by atoms with Crippen LogP contribution in [0.25, 0.3) is 6.08 Å². The van der Waals surface area contributed by atoms with Crippen molar-refractivity contribution in [3.05, 3.63) is 95.0 Å². The molecule has 0 radical (unpaired) electrons. The van der Waals surface area contributed by atoms with Gasteiger partial charge in [0.1, 0.15) is 17.1 Å².